The molecule has 4 nitrogen and oxygen atoms in total. The molecule has 0 saturated heterocycles. The van der Waals surface area contributed by atoms with E-state index in [1.54, 1.807) is 24.5 Å². The van der Waals surface area contributed by atoms with E-state index in [0.717, 1.165) is 33.6 Å². The molecule has 7 rings (SSSR count). The van der Waals surface area contributed by atoms with Crippen molar-refractivity contribution in [1.82, 2.24) is 9.97 Å². The maximum absolute atomic E-state index is 9.10. The highest BCUT2D eigenvalue weighted by Gasteiger charge is 2.16. The predicted octanol–water partition coefficient (Wildman–Crippen LogP) is 9.87. The monoisotopic (exact) mass is 534 g/mol. The minimum Gasteiger partial charge on any atom is -0.268 e. The Morgan fingerprint density at radius 1 is 0.500 bits per heavy atom. The first kappa shape index (κ1) is 24.9. The van der Waals surface area contributed by atoms with Crippen LogP contribution in [0.5, 0.6) is 0 Å². The summed E-state index contributed by atoms with van der Waals surface area (Å²) in [4.78, 5) is 12.4. The van der Waals surface area contributed by atoms with Crippen LogP contribution in [0.4, 0.5) is 5.69 Å². The molecule has 2 aromatic heterocycles. The molecule has 0 saturated carbocycles. The van der Waals surface area contributed by atoms with E-state index in [-0.39, 0.29) is 0 Å². The van der Waals surface area contributed by atoms with E-state index >= 15 is 0 Å². The van der Waals surface area contributed by atoms with E-state index in [1.807, 2.05) is 12.1 Å². The number of pyridine rings is 2. The summed E-state index contributed by atoms with van der Waals surface area (Å²) in [5.74, 6) is 0. The molecule has 0 aliphatic carbocycles. The van der Waals surface area contributed by atoms with Crippen molar-refractivity contribution in [2.45, 2.75) is 0 Å². The van der Waals surface area contributed by atoms with Crippen LogP contribution in [0.25, 0.3) is 71.2 Å². The number of benzene rings is 5. The summed E-state index contributed by atoms with van der Waals surface area (Å²) in [6.45, 7) is 7.18. The lowest BCUT2D eigenvalue weighted by molar-refractivity contribution is 1.30. The van der Waals surface area contributed by atoms with Crippen molar-refractivity contribution < 1.29 is 0 Å². The first-order chi connectivity index (χ1) is 20.7. The second-order valence-corrected chi connectivity index (χ2v) is 10.1. The van der Waals surface area contributed by atoms with Crippen molar-refractivity contribution in [2.24, 2.45) is 0 Å². The van der Waals surface area contributed by atoms with E-state index in [2.05, 4.69) is 118 Å². The highest BCUT2D eigenvalue weighted by molar-refractivity contribution is 6.21. The third kappa shape index (κ3) is 4.34. The lowest BCUT2D eigenvalue weighted by Crippen LogP contribution is -1.91. The highest BCUT2D eigenvalue weighted by Crippen LogP contribution is 2.44. The van der Waals surface area contributed by atoms with Gasteiger partial charge in [0, 0.05) is 23.5 Å². The van der Waals surface area contributed by atoms with Crippen LogP contribution < -0.4 is 0 Å². The lowest BCUT2D eigenvalue weighted by atomic mass is 9.85. The third-order valence-electron chi connectivity index (χ3n) is 7.64. The van der Waals surface area contributed by atoms with Gasteiger partial charge in [0.2, 0.25) is 5.69 Å². The maximum atomic E-state index is 9.10. The standard InChI is InChI=1S/C38H22N4/c1-40-30-19-21-36(42-24-30)27-13-17-29(18-14-27)38-33-8-4-2-6-31(33)37(32-7-3-5-9-34(32)38)28-15-11-26(12-16-28)35-20-10-25(22-39)23-41-35/h2-21,23-24H. The summed E-state index contributed by atoms with van der Waals surface area (Å²) in [6.07, 6.45) is 3.22. The van der Waals surface area contributed by atoms with Crippen molar-refractivity contribution in [3.8, 4) is 50.8 Å². The maximum Gasteiger partial charge on any atom is 0.205 e. The van der Waals surface area contributed by atoms with Gasteiger partial charge < -0.3 is 0 Å². The van der Waals surface area contributed by atoms with Crippen molar-refractivity contribution in [2.75, 3.05) is 0 Å². The Bertz CT molecular complexity index is 1950. The summed E-state index contributed by atoms with van der Waals surface area (Å²) >= 11 is 0. The van der Waals surface area contributed by atoms with E-state index < -0.39 is 0 Å². The Morgan fingerprint density at radius 2 is 0.929 bits per heavy atom. The molecule has 0 atom stereocenters. The van der Waals surface area contributed by atoms with Crippen LogP contribution in [0.15, 0.2) is 134 Å². The zero-order valence-corrected chi connectivity index (χ0v) is 22.5. The van der Waals surface area contributed by atoms with E-state index in [9.17, 15) is 0 Å². The molecule has 0 spiro atoms. The van der Waals surface area contributed by atoms with Crippen molar-refractivity contribution in [1.29, 1.82) is 5.26 Å². The molecule has 2 heterocycles. The van der Waals surface area contributed by atoms with Crippen LogP contribution in [0.1, 0.15) is 5.56 Å². The van der Waals surface area contributed by atoms with Crippen molar-refractivity contribution in [3.63, 3.8) is 0 Å². The first-order valence-corrected chi connectivity index (χ1v) is 13.6. The molecular formula is C38H22N4. The van der Waals surface area contributed by atoms with Gasteiger partial charge in [-0.3, -0.25) is 9.97 Å². The minimum atomic E-state index is 0.536. The molecule has 7 aromatic rings. The zero-order valence-electron chi connectivity index (χ0n) is 22.5. The van der Waals surface area contributed by atoms with Gasteiger partial charge in [-0.05, 0) is 62.0 Å². The molecule has 0 unspecified atom stereocenters. The van der Waals surface area contributed by atoms with Gasteiger partial charge >= 0.3 is 0 Å². The Kier molecular flexibility index (Phi) is 6.21. The van der Waals surface area contributed by atoms with Crippen LogP contribution in [-0.2, 0) is 0 Å². The number of hydrogen-bond acceptors (Lipinski definition) is 3. The summed E-state index contributed by atoms with van der Waals surface area (Å²) in [5, 5.41) is 13.9. The molecule has 4 heteroatoms. The van der Waals surface area contributed by atoms with Crippen LogP contribution >= 0.6 is 0 Å². The Hall–Kier alpha value is -6.10. The van der Waals surface area contributed by atoms with Gasteiger partial charge in [-0.2, -0.15) is 5.26 Å². The number of aromatic nitrogens is 2. The second-order valence-electron chi connectivity index (χ2n) is 10.1. The molecule has 0 aliphatic heterocycles. The Balaban J connectivity index is 1.36. The van der Waals surface area contributed by atoms with Gasteiger partial charge in [-0.15, -0.1) is 0 Å². The van der Waals surface area contributed by atoms with Gasteiger partial charge in [-0.25, -0.2) is 4.85 Å². The summed E-state index contributed by atoms with van der Waals surface area (Å²) < 4.78 is 0. The average Bonchev–Trinajstić information content (AvgIpc) is 3.07. The van der Waals surface area contributed by atoms with Gasteiger partial charge in [0.05, 0.1) is 23.5 Å². The van der Waals surface area contributed by atoms with Gasteiger partial charge in [0.25, 0.3) is 0 Å². The molecule has 5 aromatic carbocycles. The fourth-order valence-electron chi connectivity index (χ4n) is 5.62. The molecule has 0 radical (unpaired) electrons. The summed E-state index contributed by atoms with van der Waals surface area (Å²) in [5.41, 5.74) is 9.46. The largest absolute Gasteiger partial charge is 0.268 e. The molecule has 0 fully saturated rings. The molecular weight excluding hydrogens is 512 g/mol. The minimum absolute atomic E-state index is 0.536. The summed E-state index contributed by atoms with van der Waals surface area (Å²) in [6, 6.07) is 43.7. The smallest absolute Gasteiger partial charge is 0.205 e. The number of fused-ring (bicyclic) bond motifs is 2. The molecule has 0 aliphatic rings. The second kappa shape index (κ2) is 10.5. The molecule has 0 bridgehead atoms. The number of hydrogen-bond donors (Lipinski definition) is 0. The zero-order chi connectivity index (χ0) is 28.5. The number of nitriles is 1. The van der Waals surface area contributed by atoms with Gasteiger partial charge in [0.15, 0.2) is 0 Å². The lowest BCUT2D eigenvalue weighted by Gasteiger charge is -2.18. The Labute approximate surface area is 243 Å². The van der Waals surface area contributed by atoms with Gasteiger partial charge in [0.1, 0.15) is 6.07 Å². The third-order valence-corrected chi connectivity index (χ3v) is 7.64. The average molecular weight is 535 g/mol. The van der Waals surface area contributed by atoms with E-state index in [0.29, 0.717) is 11.3 Å². The van der Waals surface area contributed by atoms with Crippen molar-refractivity contribution >= 4 is 27.2 Å². The van der Waals surface area contributed by atoms with E-state index in [1.165, 1.54) is 32.7 Å². The van der Waals surface area contributed by atoms with Crippen LogP contribution in [0, 0.1) is 17.9 Å². The van der Waals surface area contributed by atoms with Crippen LogP contribution in [0.2, 0.25) is 0 Å². The number of rotatable bonds is 4. The predicted molar refractivity (Wildman–Crippen MR) is 170 cm³/mol. The van der Waals surface area contributed by atoms with Crippen LogP contribution in [0.3, 0.4) is 0 Å². The summed E-state index contributed by atoms with van der Waals surface area (Å²) in [7, 11) is 0. The Morgan fingerprint density at radius 3 is 1.29 bits per heavy atom. The van der Waals surface area contributed by atoms with E-state index in [4.69, 9.17) is 11.8 Å². The normalized spacial score (nSPS) is 10.8. The molecule has 0 N–H and O–H groups in total. The quantitative estimate of drug-likeness (QED) is 0.167. The van der Waals surface area contributed by atoms with Crippen molar-refractivity contribution in [3.05, 3.63) is 151 Å². The fraction of sp³-hybridized carbons (Fsp3) is 0. The van der Waals surface area contributed by atoms with Gasteiger partial charge in [-0.1, -0.05) is 103 Å². The fourth-order valence-corrected chi connectivity index (χ4v) is 5.62. The number of nitrogens with zero attached hydrogens (tertiary/aromatic N) is 4. The molecule has 0 amide bonds. The van der Waals surface area contributed by atoms with Crippen LogP contribution in [-0.4, -0.2) is 9.97 Å². The first-order valence-electron chi connectivity index (χ1n) is 13.6. The topological polar surface area (TPSA) is 53.9 Å². The highest BCUT2D eigenvalue weighted by atomic mass is 14.7. The molecule has 42 heavy (non-hydrogen) atoms. The molecule has 194 valence electrons. The SMILES string of the molecule is [C-]#[N+]c1ccc(-c2ccc(-c3c4ccccc4c(-c4ccc(-c5ccc(C#N)cn5)cc4)c4ccccc34)cc2)nc1.